The van der Waals surface area contributed by atoms with E-state index in [-0.39, 0.29) is 36.1 Å². The zero-order chi connectivity index (χ0) is 19.7. The van der Waals surface area contributed by atoms with Crippen molar-refractivity contribution in [1.29, 1.82) is 0 Å². The minimum Gasteiger partial charge on any atom is -0.481 e. The molecule has 8 heteroatoms. The summed E-state index contributed by atoms with van der Waals surface area (Å²) in [5.74, 6) is 0.549. The van der Waals surface area contributed by atoms with Crippen LogP contribution in [0.3, 0.4) is 0 Å². The Bertz CT molecular complexity index is 989. The topological polar surface area (TPSA) is 76.6 Å². The van der Waals surface area contributed by atoms with E-state index in [1.807, 2.05) is 6.07 Å². The van der Waals surface area contributed by atoms with Gasteiger partial charge >= 0.3 is 0 Å². The summed E-state index contributed by atoms with van der Waals surface area (Å²) >= 11 is 6.21. The molecular formula is C20H23ClN2O4S. The molecule has 1 atom stereocenters. The quantitative estimate of drug-likeness (QED) is 0.739. The van der Waals surface area contributed by atoms with Crippen LogP contribution in [0.5, 0.6) is 5.75 Å². The number of aromatic nitrogens is 1. The maximum absolute atomic E-state index is 13.1. The van der Waals surface area contributed by atoms with Gasteiger partial charge in [-0.15, -0.1) is 0 Å². The number of nitrogens with zero attached hydrogens (tertiary/aromatic N) is 2. The van der Waals surface area contributed by atoms with Gasteiger partial charge in [0, 0.05) is 23.7 Å². The van der Waals surface area contributed by atoms with Crippen molar-refractivity contribution < 1.29 is 17.9 Å². The number of pyridine rings is 1. The molecule has 28 heavy (non-hydrogen) atoms. The maximum Gasteiger partial charge on any atom is 0.261 e. The molecule has 1 aliphatic carbocycles. The Morgan fingerprint density at radius 2 is 1.96 bits per heavy atom. The van der Waals surface area contributed by atoms with Crippen molar-refractivity contribution in [2.75, 3.05) is 18.1 Å². The molecular weight excluding hydrogens is 400 g/mol. The predicted octanol–water partition coefficient (Wildman–Crippen LogP) is 3.23. The summed E-state index contributed by atoms with van der Waals surface area (Å²) in [5.41, 5.74) is 0.610. The SMILES string of the molecule is O=C(COc1ccc(Cl)c2cccnc12)N(C1CCCC1)[C@@H]1CCS(=O)(=O)C1. The lowest BCUT2D eigenvalue weighted by molar-refractivity contribution is -0.137. The van der Waals surface area contributed by atoms with E-state index >= 15 is 0 Å². The van der Waals surface area contributed by atoms with E-state index in [1.165, 1.54) is 0 Å². The first kappa shape index (κ1) is 19.5. The maximum atomic E-state index is 13.1. The largest absolute Gasteiger partial charge is 0.481 e. The average molecular weight is 423 g/mol. The third kappa shape index (κ3) is 3.96. The van der Waals surface area contributed by atoms with Crippen molar-refractivity contribution >= 4 is 38.2 Å². The number of carbonyl (C=O) groups excluding carboxylic acids is 1. The Labute approximate surface area is 169 Å². The normalized spacial score (nSPS) is 21.8. The van der Waals surface area contributed by atoms with Crippen molar-refractivity contribution in [3.05, 3.63) is 35.5 Å². The number of sulfone groups is 1. The number of halogens is 1. The van der Waals surface area contributed by atoms with Gasteiger partial charge in [-0.25, -0.2) is 8.42 Å². The molecule has 4 rings (SSSR count). The van der Waals surface area contributed by atoms with E-state index in [1.54, 1.807) is 29.3 Å². The van der Waals surface area contributed by atoms with E-state index in [9.17, 15) is 13.2 Å². The second kappa shape index (κ2) is 7.87. The number of amides is 1. The highest BCUT2D eigenvalue weighted by atomic mass is 35.5. The molecule has 2 fully saturated rings. The number of benzene rings is 1. The minimum absolute atomic E-state index is 0.0562. The van der Waals surface area contributed by atoms with E-state index < -0.39 is 9.84 Å². The molecule has 0 bridgehead atoms. The average Bonchev–Trinajstić information content (AvgIpc) is 3.32. The number of fused-ring (bicyclic) bond motifs is 1. The minimum atomic E-state index is -3.06. The fourth-order valence-corrected chi connectivity index (χ4v) is 6.25. The molecule has 1 aromatic heterocycles. The molecule has 150 valence electrons. The summed E-state index contributed by atoms with van der Waals surface area (Å²) in [6, 6.07) is 6.95. The molecule has 2 heterocycles. The first-order valence-corrected chi connectivity index (χ1v) is 11.8. The highest BCUT2D eigenvalue weighted by Crippen LogP contribution is 2.31. The van der Waals surface area contributed by atoms with E-state index in [2.05, 4.69) is 4.98 Å². The highest BCUT2D eigenvalue weighted by molar-refractivity contribution is 7.91. The Balaban J connectivity index is 1.53. The van der Waals surface area contributed by atoms with E-state index in [0.717, 1.165) is 31.1 Å². The van der Waals surface area contributed by atoms with Crippen LogP contribution in [0.2, 0.25) is 5.02 Å². The van der Waals surface area contributed by atoms with Crippen LogP contribution in [-0.4, -0.2) is 54.4 Å². The second-order valence-corrected chi connectivity index (χ2v) is 10.2. The number of hydrogen-bond donors (Lipinski definition) is 0. The van der Waals surface area contributed by atoms with Gasteiger partial charge in [0.15, 0.2) is 16.4 Å². The third-order valence-corrected chi connectivity index (χ3v) is 7.72. The number of ether oxygens (including phenoxy) is 1. The molecule has 0 N–H and O–H groups in total. The van der Waals surface area contributed by atoms with Crippen molar-refractivity contribution in [3.63, 3.8) is 0 Å². The third-order valence-electron chi connectivity index (χ3n) is 5.64. The summed E-state index contributed by atoms with van der Waals surface area (Å²) < 4.78 is 29.7. The van der Waals surface area contributed by atoms with Crippen LogP contribution in [0.1, 0.15) is 32.1 Å². The van der Waals surface area contributed by atoms with Crippen LogP contribution in [0, 0.1) is 0 Å². The first-order valence-electron chi connectivity index (χ1n) is 9.62. The Morgan fingerprint density at radius 3 is 2.68 bits per heavy atom. The van der Waals surface area contributed by atoms with Crippen molar-refractivity contribution in [1.82, 2.24) is 9.88 Å². The van der Waals surface area contributed by atoms with Gasteiger partial charge in [-0.2, -0.15) is 0 Å². The Kier molecular flexibility index (Phi) is 5.47. The molecule has 0 radical (unpaired) electrons. The lowest BCUT2D eigenvalue weighted by atomic mass is 10.1. The van der Waals surface area contributed by atoms with Crippen molar-refractivity contribution in [2.45, 2.75) is 44.2 Å². The lowest BCUT2D eigenvalue weighted by Gasteiger charge is -2.34. The molecule has 1 aromatic carbocycles. The molecule has 1 saturated carbocycles. The summed E-state index contributed by atoms with van der Waals surface area (Å²) in [6.45, 7) is -0.139. The summed E-state index contributed by atoms with van der Waals surface area (Å²) in [4.78, 5) is 19.2. The van der Waals surface area contributed by atoms with Crippen LogP contribution >= 0.6 is 11.6 Å². The zero-order valence-corrected chi connectivity index (χ0v) is 17.1. The standard InChI is InChI=1S/C20H23ClN2O4S/c21-17-7-8-18(20-16(17)6-3-10-22-20)27-12-19(24)23(14-4-1-2-5-14)15-9-11-28(25,26)13-15/h3,6-8,10,14-15H,1-2,4-5,9,11-13H2/t15-/m1/s1. The van der Waals surface area contributed by atoms with Crippen LogP contribution in [0.15, 0.2) is 30.5 Å². The molecule has 6 nitrogen and oxygen atoms in total. The molecule has 0 spiro atoms. The van der Waals surface area contributed by atoms with Gasteiger partial charge in [0.25, 0.3) is 5.91 Å². The number of hydrogen-bond acceptors (Lipinski definition) is 5. The zero-order valence-electron chi connectivity index (χ0n) is 15.5. The summed E-state index contributed by atoms with van der Waals surface area (Å²) in [7, 11) is -3.06. The van der Waals surface area contributed by atoms with Gasteiger partial charge in [0.05, 0.1) is 16.5 Å². The van der Waals surface area contributed by atoms with Gasteiger partial charge in [0.1, 0.15) is 11.3 Å². The number of rotatable bonds is 5. The van der Waals surface area contributed by atoms with Crippen LogP contribution in [0.25, 0.3) is 10.9 Å². The fraction of sp³-hybridized carbons (Fsp3) is 0.500. The van der Waals surface area contributed by atoms with Crippen molar-refractivity contribution in [2.24, 2.45) is 0 Å². The smallest absolute Gasteiger partial charge is 0.261 e. The van der Waals surface area contributed by atoms with E-state index in [4.69, 9.17) is 16.3 Å². The summed E-state index contributed by atoms with van der Waals surface area (Å²) in [5, 5.41) is 1.34. The summed E-state index contributed by atoms with van der Waals surface area (Å²) in [6.07, 6.45) is 6.15. The Hall–Kier alpha value is -1.86. The van der Waals surface area contributed by atoms with Gasteiger partial charge in [-0.05, 0) is 43.5 Å². The molecule has 1 aliphatic heterocycles. The van der Waals surface area contributed by atoms with Crippen LogP contribution in [0.4, 0.5) is 0 Å². The molecule has 0 unspecified atom stereocenters. The van der Waals surface area contributed by atoms with Gasteiger partial charge in [-0.3, -0.25) is 9.78 Å². The monoisotopic (exact) mass is 422 g/mol. The molecule has 2 aromatic rings. The van der Waals surface area contributed by atoms with Crippen LogP contribution in [-0.2, 0) is 14.6 Å². The molecule has 2 aliphatic rings. The molecule has 1 amide bonds. The first-order chi connectivity index (χ1) is 13.4. The van der Waals surface area contributed by atoms with Crippen LogP contribution < -0.4 is 4.74 Å². The van der Waals surface area contributed by atoms with Crippen molar-refractivity contribution in [3.8, 4) is 5.75 Å². The second-order valence-electron chi connectivity index (χ2n) is 7.53. The number of carbonyl (C=O) groups is 1. The fourth-order valence-electron chi connectivity index (χ4n) is 4.33. The van der Waals surface area contributed by atoms with Gasteiger partial charge in [-0.1, -0.05) is 24.4 Å². The van der Waals surface area contributed by atoms with Gasteiger partial charge in [0.2, 0.25) is 0 Å². The van der Waals surface area contributed by atoms with Gasteiger partial charge < -0.3 is 9.64 Å². The molecule has 1 saturated heterocycles. The highest BCUT2D eigenvalue weighted by Gasteiger charge is 2.39. The predicted molar refractivity (Wildman–Crippen MR) is 108 cm³/mol. The Morgan fingerprint density at radius 1 is 1.18 bits per heavy atom. The van der Waals surface area contributed by atoms with E-state index in [0.29, 0.717) is 22.7 Å². The lowest BCUT2D eigenvalue weighted by Crippen LogP contribution is -2.48.